The standard InChI is InChI=1S/C13H28O3P4/c1-4-15-9(3)10(12(14)16-5-2)7-6-8-11(17)13(18,19)20/h10-11H,3-8,17-20H2,1-2H3. The topological polar surface area (TPSA) is 35.5 Å². The molecule has 3 nitrogen and oxygen atoms in total. The van der Waals surface area contributed by atoms with Gasteiger partial charge in [0.05, 0.1) is 13.2 Å². The minimum atomic E-state index is -0.361. The number of ether oxygens (including phenoxy) is 2. The van der Waals surface area contributed by atoms with Crippen molar-refractivity contribution in [2.45, 2.75) is 43.4 Å². The van der Waals surface area contributed by atoms with Crippen molar-refractivity contribution >= 4 is 42.9 Å². The molecule has 0 aliphatic rings. The van der Waals surface area contributed by atoms with Crippen LogP contribution in [0.2, 0.25) is 0 Å². The van der Waals surface area contributed by atoms with Crippen molar-refractivity contribution in [3.8, 4) is 0 Å². The summed E-state index contributed by atoms with van der Waals surface area (Å²) in [5.74, 6) is -0.0830. The van der Waals surface area contributed by atoms with Crippen molar-refractivity contribution in [3.05, 3.63) is 12.3 Å². The zero-order valence-corrected chi connectivity index (χ0v) is 17.1. The van der Waals surface area contributed by atoms with Crippen molar-refractivity contribution in [3.63, 3.8) is 0 Å². The smallest absolute Gasteiger partial charge is 0.316 e. The van der Waals surface area contributed by atoms with Gasteiger partial charge in [-0.05, 0) is 32.3 Å². The maximum Gasteiger partial charge on any atom is 0.316 e. The van der Waals surface area contributed by atoms with E-state index in [0.29, 0.717) is 31.1 Å². The van der Waals surface area contributed by atoms with Gasteiger partial charge in [-0.15, -0.1) is 37.0 Å². The lowest BCUT2D eigenvalue weighted by atomic mass is 9.99. The lowest BCUT2D eigenvalue weighted by Crippen LogP contribution is -2.22. The summed E-state index contributed by atoms with van der Waals surface area (Å²) in [6, 6.07) is 0. The van der Waals surface area contributed by atoms with Crippen molar-refractivity contribution in [1.82, 2.24) is 0 Å². The Morgan fingerprint density at radius 3 is 2.15 bits per heavy atom. The molecule has 0 saturated carbocycles. The van der Waals surface area contributed by atoms with Crippen LogP contribution in [0.1, 0.15) is 33.1 Å². The molecule has 0 heterocycles. The van der Waals surface area contributed by atoms with Gasteiger partial charge in [0.2, 0.25) is 0 Å². The summed E-state index contributed by atoms with van der Waals surface area (Å²) in [5, 5.41) is 0. The molecule has 0 fully saturated rings. The molecule has 0 aliphatic carbocycles. The molecule has 0 bridgehead atoms. The van der Waals surface area contributed by atoms with Gasteiger partial charge in [0.15, 0.2) is 0 Å². The fourth-order valence-electron chi connectivity index (χ4n) is 1.73. The van der Waals surface area contributed by atoms with E-state index >= 15 is 0 Å². The van der Waals surface area contributed by atoms with Crippen LogP contribution in [0.5, 0.6) is 0 Å². The molecular weight excluding hydrogens is 328 g/mol. The number of carbonyl (C=O) groups is 1. The average Bonchev–Trinajstić information content (AvgIpc) is 2.33. The second-order valence-electron chi connectivity index (χ2n) is 4.74. The lowest BCUT2D eigenvalue weighted by molar-refractivity contribution is -0.148. The monoisotopic (exact) mass is 356 g/mol. The van der Waals surface area contributed by atoms with E-state index < -0.39 is 0 Å². The van der Waals surface area contributed by atoms with Gasteiger partial charge in [0.25, 0.3) is 0 Å². The molecular formula is C13H28O3P4. The molecule has 0 N–H and O–H groups in total. The van der Waals surface area contributed by atoms with Gasteiger partial charge < -0.3 is 9.47 Å². The Morgan fingerprint density at radius 1 is 1.15 bits per heavy atom. The van der Waals surface area contributed by atoms with Crippen LogP contribution in [0.15, 0.2) is 12.3 Å². The van der Waals surface area contributed by atoms with Gasteiger partial charge >= 0.3 is 5.97 Å². The Balaban J connectivity index is 4.44. The molecule has 0 spiro atoms. The highest BCUT2D eigenvalue weighted by Crippen LogP contribution is 2.43. The van der Waals surface area contributed by atoms with Crippen LogP contribution in [-0.4, -0.2) is 29.5 Å². The molecule has 0 aromatic heterocycles. The van der Waals surface area contributed by atoms with E-state index in [2.05, 4.69) is 43.5 Å². The number of hydrogen-bond donors (Lipinski definition) is 0. The van der Waals surface area contributed by atoms with E-state index in [1.54, 1.807) is 0 Å². The zero-order valence-electron chi connectivity index (χ0n) is 12.4. The van der Waals surface area contributed by atoms with E-state index in [0.717, 1.165) is 12.8 Å². The number of rotatable bonds is 10. The molecule has 0 aliphatic heterocycles. The summed E-state index contributed by atoms with van der Waals surface area (Å²) in [4.78, 5) is 12.0. The Kier molecular flexibility index (Phi) is 10.8. The molecule has 0 rings (SSSR count). The summed E-state index contributed by atoms with van der Waals surface area (Å²) in [6.07, 6.45) is 2.62. The summed E-state index contributed by atoms with van der Waals surface area (Å²) in [6.45, 7) is 8.45. The SMILES string of the molecule is C=C(OCC)C(CCCC(P)C(P)(P)P)C(=O)OCC. The van der Waals surface area contributed by atoms with Crippen molar-refractivity contribution < 1.29 is 14.3 Å². The zero-order chi connectivity index (χ0) is 15.8. The van der Waals surface area contributed by atoms with Crippen LogP contribution < -0.4 is 0 Å². The predicted octanol–water partition coefficient (Wildman–Crippen LogP) is 3.41. The maximum atomic E-state index is 12.0. The van der Waals surface area contributed by atoms with Gasteiger partial charge in [-0.1, -0.05) is 13.0 Å². The van der Waals surface area contributed by atoms with E-state index in [4.69, 9.17) is 9.47 Å². The highest BCUT2D eigenvalue weighted by atomic mass is 31.1. The van der Waals surface area contributed by atoms with Crippen LogP contribution in [0.4, 0.5) is 0 Å². The summed E-state index contributed by atoms with van der Waals surface area (Å²) in [7, 11) is 11.2. The van der Waals surface area contributed by atoms with Gasteiger partial charge in [-0.25, -0.2) is 0 Å². The summed E-state index contributed by atoms with van der Waals surface area (Å²) >= 11 is 0. The first-order chi connectivity index (χ1) is 9.23. The second-order valence-corrected chi connectivity index (χ2v) is 10.5. The largest absolute Gasteiger partial charge is 0.498 e. The van der Waals surface area contributed by atoms with Crippen molar-refractivity contribution in [2.75, 3.05) is 13.2 Å². The molecule has 0 aromatic rings. The predicted molar refractivity (Wildman–Crippen MR) is 100 cm³/mol. The van der Waals surface area contributed by atoms with Crippen molar-refractivity contribution in [2.24, 2.45) is 5.92 Å². The maximum absolute atomic E-state index is 12.0. The first-order valence-electron chi connectivity index (χ1n) is 6.84. The van der Waals surface area contributed by atoms with Gasteiger partial charge in [-0.2, -0.15) is 0 Å². The van der Waals surface area contributed by atoms with Gasteiger partial charge in [-0.3, -0.25) is 4.79 Å². The van der Waals surface area contributed by atoms with E-state index in [9.17, 15) is 4.79 Å². The third kappa shape index (κ3) is 8.24. The Bertz CT molecular complexity index is 297. The molecule has 118 valence electrons. The highest BCUT2D eigenvalue weighted by molar-refractivity contribution is 7.58. The number of carbonyl (C=O) groups excluding carboxylic acids is 1. The third-order valence-electron chi connectivity index (χ3n) is 2.94. The fraction of sp³-hybridized carbons (Fsp3) is 0.769. The number of hydrogen-bond acceptors (Lipinski definition) is 3. The summed E-state index contributed by atoms with van der Waals surface area (Å²) in [5.41, 5.74) is 0.422. The fourth-order valence-corrected chi connectivity index (χ4v) is 2.47. The first kappa shape index (κ1) is 20.7. The Labute approximate surface area is 132 Å². The minimum absolute atomic E-state index is 0.0149. The van der Waals surface area contributed by atoms with E-state index in [1.165, 1.54) is 0 Å². The van der Waals surface area contributed by atoms with Crippen LogP contribution in [0.25, 0.3) is 0 Å². The lowest BCUT2D eigenvalue weighted by Gasteiger charge is -2.27. The van der Waals surface area contributed by atoms with Crippen molar-refractivity contribution in [1.29, 1.82) is 0 Å². The van der Waals surface area contributed by atoms with Crippen LogP contribution in [-0.2, 0) is 14.3 Å². The van der Waals surface area contributed by atoms with Crippen LogP contribution >= 0.6 is 37.0 Å². The normalized spacial score (nSPS) is 14.5. The first-order valence-corrected chi connectivity index (χ1v) is 9.24. The molecule has 6 atom stereocenters. The molecule has 0 radical (unpaired) electrons. The molecule has 0 aromatic carbocycles. The van der Waals surface area contributed by atoms with E-state index in [-0.39, 0.29) is 16.5 Å². The Hall–Kier alpha value is 0.730. The Morgan fingerprint density at radius 2 is 1.70 bits per heavy atom. The minimum Gasteiger partial charge on any atom is -0.498 e. The van der Waals surface area contributed by atoms with E-state index in [1.807, 2.05) is 13.8 Å². The van der Waals surface area contributed by atoms with Gasteiger partial charge in [0, 0.05) is 4.64 Å². The molecule has 0 saturated heterocycles. The molecule has 7 heteroatoms. The second kappa shape index (κ2) is 10.5. The molecule has 20 heavy (non-hydrogen) atoms. The molecule has 6 unspecified atom stereocenters. The van der Waals surface area contributed by atoms with Crippen LogP contribution in [0.3, 0.4) is 0 Å². The number of esters is 1. The molecule has 0 amide bonds. The van der Waals surface area contributed by atoms with Crippen LogP contribution in [0, 0.1) is 5.92 Å². The summed E-state index contributed by atoms with van der Waals surface area (Å²) < 4.78 is 10.5. The highest BCUT2D eigenvalue weighted by Gasteiger charge is 2.26. The average molecular weight is 356 g/mol. The van der Waals surface area contributed by atoms with Gasteiger partial charge in [0.1, 0.15) is 11.7 Å². The third-order valence-corrected chi connectivity index (χ3v) is 6.29. The quantitative estimate of drug-likeness (QED) is 0.342.